The van der Waals surface area contributed by atoms with Gasteiger partial charge < -0.3 is 15.4 Å². The summed E-state index contributed by atoms with van der Waals surface area (Å²) < 4.78 is 5.52. The first-order chi connectivity index (χ1) is 13.1. The first kappa shape index (κ1) is 18.4. The maximum absolute atomic E-state index is 11.9. The molecule has 138 valence electrons. The van der Waals surface area contributed by atoms with E-state index in [1.165, 1.54) is 5.56 Å². The number of hydrogen-bond donors (Lipinski definition) is 2. The number of carbonyl (C=O) groups excluding carboxylic acids is 1. The zero-order valence-electron chi connectivity index (χ0n) is 15.4. The molecule has 3 rings (SSSR count). The number of rotatable bonds is 6. The Morgan fingerprint density at radius 2 is 1.78 bits per heavy atom. The van der Waals surface area contributed by atoms with E-state index in [1.807, 2.05) is 68.4 Å². The van der Waals surface area contributed by atoms with Crippen LogP contribution in [0.15, 0.2) is 60.7 Å². The molecule has 0 saturated carbocycles. The minimum atomic E-state index is -0.273. The minimum absolute atomic E-state index is 0.273. The molecule has 0 radical (unpaired) electrons. The Morgan fingerprint density at radius 3 is 2.48 bits per heavy atom. The lowest BCUT2D eigenvalue weighted by atomic mass is 10.1. The topological polar surface area (TPSA) is 76.1 Å². The molecule has 2 amide bonds. The third-order valence-corrected chi connectivity index (χ3v) is 3.90. The number of ether oxygens (including phenoxy) is 1. The molecular formula is C21H22N4O2. The number of benzene rings is 2. The van der Waals surface area contributed by atoms with Gasteiger partial charge in [0.2, 0.25) is 5.88 Å². The second-order valence-corrected chi connectivity index (χ2v) is 6.22. The van der Waals surface area contributed by atoms with E-state index in [2.05, 4.69) is 20.8 Å². The van der Waals surface area contributed by atoms with E-state index in [9.17, 15) is 4.79 Å². The lowest BCUT2D eigenvalue weighted by molar-refractivity contribution is 0.246. The molecule has 0 atom stereocenters. The van der Waals surface area contributed by atoms with Crippen LogP contribution in [0.2, 0.25) is 0 Å². The van der Waals surface area contributed by atoms with Crippen LogP contribution in [-0.2, 0) is 0 Å². The van der Waals surface area contributed by atoms with Crippen molar-refractivity contribution < 1.29 is 9.53 Å². The summed E-state index contributed by atoms with van der Waals surface area (Å²) in [6.07, 6.45) is 0. The van der Waals surface area contributed by atoms with Gasteiger partial charge >= 0.3 is 6.03 Å². The molecule has 27 heavy (non-hydrogen) atoms. The smallest absolute Gasteiger partial charge is 0.319 e. The highest BCUT2D eigenvalue weighted by atomic mass is 16.5. The second-order valence-electron chi connectivity index (χ2n) is 6.22. The van der Waals surface area contributed by atoms with Gasteiger partial charge in [-0.15, -0.1) is 10.2 Å². The van der Waals surface area contributed by atoms with Crippen molar-refractivity contribution in [3.8, 4) is 17.1 Å². The number of urea groups is 1. The summed E-state index contributed by atoms with van der Waals surface area (Å²) in [6.45, 7) is 4.68. The number of nitrogens with zero attached hydrogens (tertiary/aromatic N) is 2. The SMILES string of the molecule is Cc1ccc(-c2ccc(OCCNC(=O)Nc3cccc(C)c3)nn2)cc1. The molecule has 0 fully saturated rings. The summed E-state index contributed by atoms with van der Waals surface area (Å²) in [5, 5.41) is 13.8. The predicted molar refractivity (Wildman–Crippen MR) is 106 cm³/mol. The number of aromatic nitrogens is 2. The zero-order chi connectivity index (χ0) is 19.1. The van der Waals surface area contributed by atoms with Crippen LogP contribution in [0.5, 0.6) is 5.88 Å². The molecule has 3 aromatic rings. The highest BCUT2D eigenvalue weighted by Gasteiger charge is 2.04. The largest absolute Gasteiger partial charge is 0.475 e. The van der Waals surface area contributed by atoms with E-state index in [0.717, 1.165) is 22.5 Å². The monoisotopic (exact) mass is 362 g/mol. The van der Waals surface area contributed by atoms with Crippen molar-refractivity contribution >= 4 is 11.7 Å². The lowest BCUT2D eigenvalue weighted by Gasteiger charge is -2.09. The Morgan fingerprint density at radius 1 is 0.963 bits per heavy atom. The van der Waals surface area contributed by atoms with Gasteiger partial charge in [0.25, 0.3) is 0 Å². The number of amides is 2. The van der Waals surface area contributed by atoms with Crippen LogP contribution in [0.4, 0.5) is 10.5 Å². The molecule has 2 N–H and O–H groups in total. The van der Waals surface area contributed by atoms with Gasteiger partial charge in [-0.05, 0) is 37.6 Å². The van der Waals surface area contributed by atoms with Crippen molar-refractivity contribution in [2.24, 2.45) is 0 Å². The van der Waals surface area contributed by atoms with Crippen LogP contribution in [0.1, 0.15) is 11.1 Å². The Bertz CT molecular complexity index is 893. The highest BCUT2D eigenvalue weighted by Crippen LogP contribution is 2.18. The molecule has 0 bridgehead atoms. The molecule has 6 nitrogen and oxygen atoms in total. The molecule has 6 heteroatoms. The summed E-state index contributed by atoms with van der Waals surface area (Å²) in [7, 11) is 0. The Balaban J connectivity index is 1.42. The van der Waals surface area contributed by atoms with Gasteiger partial charge in [0.05, 0.1) is 12.2 Å². The minimum Gasteiger partial charge on any atom is -0.475 e. The van der Waals surface area contributed by atoms with E-state index in [0.29, 0.717) is 19.0 Å². The standard InChI is InChI=1S/C21H22N4O2/c1-15-6-8-17(9-7-15)19-10-11-20(25-24-19)27-13-12-22-21(26)23-18-5-3-4-16(2)14-18/h3-11,14H,12-13H2,1-2H3,(H2,22,23,26). The van der Waals surface area contributed by atoms with Crippen molar-refractivity contribution in [3.63, 3.8) is 0 Å². The number of carbonyl (C=O) groups is 1. The van der Waals surface area contributed by atoms with Gasteiger partial charge in [-0.3, -0.25) is 0 Å². The molecule has 0 unspecified atom stereocenters. The number of aryl methyl sites for hydroxylation is 2. The molecular weight excluding hydrogens is 340 g/mol. The van der Waals surface area contributed by atoms with E-state index in [-0.39, 0.29) is 6.03 Å². The molecule has 1 heterocycles. The van der Waals surface area contributed by atoms with Crippen molar-refractivity contribution in [1.82, 2.24) is 15.5 Å². The molecule has 2 aromatic carbocycles. The van der Waals surface area contributed by atoms with E-state index in [1.54, 1.807) is 6.07 Å². The van der Waals surface area contributed by atoms with Crippen LogP contribution >= 0.6 is 0 Å². The first-order valence-electron chi connectivity index (χ1n) is 8.75. The second kappa shape index (κ2) is 8.80. The first-order valence-corrected chi connectivity index (χ1v) is 8.75. The molecule has 0 aliphatic heterocycles. The fourth-order valence-electron chi connectivity index (χ4n) is 2.49. The summed E-state index contributed by atoms with van der Waals surface area (Å²) in [6, 6.07) is 19.1. The molecule has 0 aliphatic rings. The molecule has 0 spiro atoms. The van der Waals surface area contributed by atoms with E-state index < -0.39 is 0 Å². The summed E-state index contributed by atoms with van der Waals surface area (Å²) in [5.41, 5.74) is 4.84. The molecule has 1 aromatic heterocycles. The van der Waals surface area contributed by atoms with Gasteiger partial charge in [0, 0.05) is 17.3 Å². The number of hydrogen-bond acceptors (Lipinski definition) is 4. The average molecular weight is 362 g/mol. The van der Waals surface area contributed by atoms with Crippen LogP contribution in [0.3, 0.4) is 0 Å². The average Bonchev–Trinajstić information content (AvgIpc) is 2.66. The lowest BCUT2D eigenvalue weighted by Crippen LogP contribution is -2.32. The predicted octanol–water partition coefficient (Wildman–Crippen LogP) is 3.96. The van der Waals surface area contributed by atoms with Gasteiger partial charge in [-0.2, -0.15) is 0 Å². The van der Waals surface area contributed by atoms with Crippen molar-refractivity contribution in [2.45, 2.75) is 13.8 Å². The third kappa shape index (κ3) is 5.54. The zero-order valence-corrected chi connectivity index (χ0v) is 15.4. The van der Waals surface area contributed by atoms with Gasteiger partial charge in [-0.1, -0.05) is 42.0 Å². The molecule has 0 aliphatic carbocycles. The van der Waals surface area contributed by atoms with Crippen molar-refractivity contribution in [1.29, 1.82) is 0 Å². The third-order valence-electron chi connectivity index (χ3n) is 3.90. The molecule has 0 saturated heterocycles. The van der Waals surface area contributed by atoms with Gasteiger partial charge in [0.1, 0.15) is 6.61 Å². The quantitative estimate of drug-likeness (QED) is 0.651. The van der Waals surface area contributed by atoms with Crippen molar-refractivity contribution in [3.05, 3.63) is 71.8 Å². The summed E-state index contributed by atoms with van der Waals surface area (Å²) in [5.74, 6) is 0.423. The van der Waals surface area contributed by atoms with Crippen LogP contribution in [0.25, 0.3) is 11.3 Å². The van der Waals surface area contributed by atoms with Crippen molar-refractivity contribution in [2.75, 3.05) is 18.5 Å². The van der Waals surface area contributed by atoms with Gasteiger partial charge in [0.15, 0.2) is 0 Å². The van der Waals surface area contributed by atoms with Crippen LogP contribution in [0, 0.1) is 13.8 Å². The Labute approximate surface area is 158 Å². The van der Waals surface area contributed by atoms with Crippen LogP contribution < -0.4 is 15.4 Å². The summed E-state index contributed by atoms with van der Waals surface area (Å²) >= 11 is 0. The highest BCUT2D eigenvalue weighted by molar-refractivity contribution is 5.89. The Hall–Kier alpha value is -3.41. The maximum Gasteiger partial charge on any atom is 0.319 e. The van der Waals surface area contributed by atoms with E-state index in [4.69, 9.17) is 4.74 Å². The number of anilines is 1. The fourth-order valence-corrected chi connectivity index (χ4v) is 2.49. The Kier molecular flexibility index (Phi) is 5.99. The normalized spacial score (nSPS) is 10.3. The fraction of sp³-hybridized carbons (Fsp3) is 0.190. The van der Waals surface area contributed by atoms with Gasteiger partial charge in [-0.25, -0.2) is 4.79 Å². The van der Waals surface area contributed by atoms with E-state index >= 15 is 0 Å². The number of nitrogens with one attached hydrogen (secondary N) is 2. The summed E-state index contributed by atoms with van der Waals surface area (Å²) in [4.78, 5) is 11.9. The van der Waals surface area contributed by atoms with Crippen LogP contribution in [-0.4, -0.2) is 29.4 Å². The maximum atomic E-state index is 11.9.